The van der Waals surface area contributed by atoms with Gasteiger partial charge in [-0.2, -0.15) is 5.10 Å². The molecule has 5 heteroatoms. The molecule has 0 aliphatic heterocycles. The number of halogens is 2. The van der Waals surface area contributed by atoms with Gasteiger partial charge in [-0.25, -0.2) is 4.68 Å². The van der Waals surface area contributed by atoms with Crippen LogP contribution in [0.3, 0.4) is 0 Å². The van der Waals surface area contributed by atoms with Crippen LogP contribution in [0.1, 0.15) is 0 Å². The van der Waals surface area contributed by atoms with Gasteiger partial charge in [-0.1, -0.05) is 23.2 Å². The van der Waals surface area contributed by atoms with Crippen LogP contribution in [0, 0.1) is 0 Å². The van der Waals surface area contributed by atoms with Crippen LogP contribution < -0.4 is 0 Å². The first-order chi connectivity index (χ1) is 6.68. The first kappa shape index (κ1) is 9.90. The first-order valence-corrected chi connectivity index (χ1v) is 5.07. The van der Waals surface area contributed by atoms with Gasteiger partial charge in [0, 0.05) is 5.02 Å². The maximum absolute atomic E-state index is 6.01. The fourth-order valence-electron chi connectivity index (χ4n) is 1.14. The van der Waals surface area contributed by atoms with Gasteiger partial charge in [-0.05, 0) is 24.3 Å². The number of hydrogen-bond acceptors (Lipinski definition) is 2. The van der Waals surface area contributed by atoms with E-state index >= 15 is 0 Å². The Labute approximate surface area is 96.9 Å². The van der Waals surface area contributed by atoms with Gasteiger partial charge in [-0.3, -0.25) is 0 Å². The molecule has 2 nitrogen and oxygen atoms in total. The summed E-state index contributed by atoms with van der Waals surface area (Å²) in [5.41, 5.74) is 0.770. The van der Waals surface area contributed by atoms with Crippen molar-refractivity contribution in [1.29, 1.82) is 0 Å². The van der Waals surface area contributed by atoms with Crippen molar-refractivity contribution in [2.75, 3.05) is 0 Å². The molecule has 72 valence electrons. The molecule has 0 aliphatic rings. The van der Waals surface area contributed by atoms with E-state index in [1.807, 2.05) is 0 Å². The third-order valence-corrected chi connectivity index (χ3v) is 2.64. The minimum atomic E-state index is 0.552. The molecule has 0 amide bonds. The van der Waals surface area contributed by atoms with Crippen LogP contribution in [0.15, 0.2) is 35.5 Å². The quantitative estimate of drug-likeness (QED) is 0.761. The van der Waals surface area contributed by atoms with Crippen molar-refractivity contribution in [3.05, 3.63) is 40.5 Å². The molecule has 0 fully saturated rings. The second kappa shape index (κ2) is 3.85. The summed E-state index contributed by atoms with van der Waals surface area (Å²) in [4.78, 5) is 0. The van der Waals surface area contributed by atoms with E-state index in [0.717, 1.165) is 10.7 Å². The van der Waals surface area contributed by atoms with Crippen molar-refractivity contribution >= 4 is 35.8 Å². The Morgan fingerprint density at radius 1 is 1.21 bits per heavy atom. The Morgan fingerprint density at radius 3 is 2.57 bits per heavy atom. The van der Waals surface area contributed by atoms with Crippen LogP contribution in [0.25, 0.3) is 5.69 Å². The molecule has 0 radical (unpaired) electrons. The monoisotopic (exact) mass is 244 g/mol. The minimum Gasteiger partial charge on any atom is -0.226 e. The summed E-state index contributed by atoms with van der Waals surface area (Å²) in [5.74, 6) is 0. The maximum Gasteiger partial charge on any atom is 0.0968 e. The van der Waals surface area contributed by atoms with Crippen LogP contribution in [-0.2, 0) is 0 Å². The second-order valence-corrected chi connectivity index (χ2v) is 4.00. The lowest BCUT2D eigenvalue weighted by Gasteiger charge is -2.05. The normalized spacial score (nSPS) is 10.5. The summed E-state index contributed by atoms with van der Waals surface area (Å²) >= 11 is 16.0. The average Bonchev–Trinajstić information content (AvgIpc) is 2.52. The molecule has 1 heterocycles. The van der Waals surface area contributed by atoms with Gasteiger partial charge in [0.1, 0.15) is 0 Å². The lowest BCUT2D eigenvalue weighted by atomic mass is 10.3. The molecule has 1 aromatic heterocycles. The summed E-state index contributed by atoms with van der Waals surface area (Å²) in [6.45, 7) is 0. The van der Waals surface area contributed by atoms with Gasteiger partial charge < -0.3 is 0 Å². The van der Waals surface area contributed by atoms with Gasteiger partial charge in [0.05, 0.1) is 21.9 Å². The Morgan fingerprint density at radius 2 is 2.00 bits per heavy atom. The molecule has 0 saturated carbocycles. The molecule has 0 N–H and O–H groups in total. The van der Waals surface area contributed by atoms with Crippen LogP contribution in [0.5, 0.6) is 0 Å². The van der Waals surface area contributed by atoms with E-state index in [1.54, 1.807) is 35.1 Å². The van der Waals surface area contributed by atoms with Gasteiger partial charge in [0.2, 0.25) is 0 Å². The van der Waals surface area contributed by atoms with E-state index in [0.29, 0.717) is 10.0 Å². The third-order valence-electron chi connectivity index (χ3n) is 1.76. The molecular weight excluding hydrogens is 239 g/mol. The molecule has 2 rings (SSSR count). The van der Waals surface area contributed by atoms with E-state index in [-0.39, 0.29) is 0 Å². The summed E-state index contributed by atoms with van der Waals surface area (Å²) in [5, 5.41) is 5.98. The van der Waals surface area contributed by atoms with Crippen LogP contribution in [-0.4, -0.2) is 9.78 Å². The smallest absolute Gasteiger partial charge is 0.0968 e. The topological polar surface area (TPSA) is 17.8 Å². The summed E-state index contributed by atoms with van der Waals surface area (Å²) < 4.78 is 1.64. The zero-order valence-corrected chi connectivity index (χ0v) is 9.39. The van der Waals surface area contributed by atoms with E-state index in [2.05, 4.69) is 17.7 Å². The number of thiol groups is 1. The minimum absolute atomic E-state index is 0.552. The van der Waals surface area contributed by atoms with E-state index in [4.69, 9.17) is 23.2 Å². The number of nitrogens with zero attached hydrogens (tertiary/aromatic N) is 2. The highest BCUT2D eigenvalue weighted by Crippen LogP contribution is 2.25. The lowest BCUT2D eigenvalue weighted by molar-refractivity contribution is 0.806. The average molecular weight is 245 g/mol. The number of benzene rings is 1. The molecule has 1 aromatic carbocycles. The molecule has 0 atom stereocenters. The number of hydrogen-bond donors (Lipinski definition) is 1. The molecule has 0 aliphatic carbocycles. The molecule has 2 aromatic rings. The van der Waals surface area contributed by atoms with Crippen LogP contribution in [0.2, 0.25) is 10.0 Å². The summed E-state index contributed by atoms with van der Waals surface area (Å²) in [6.07, 6.45) is 1.66. The largest absolute Gasteiger partial charge is 0.226 e. The van der Waals surface area contributed by atoms with Crippen LogP contribution in [0.4, 0.5) is 0 Å². The highest BCUT2D eigenvalue weighted by molar-refractivity contribution is 7.80. The highest BCUT2D eigenvalue weighted by Gasteiger charge is 2.06. The van der Waals surface area contributed by atoms with E-state index in [1.165, 1.54) is 0 Å². The predicted octanol–water partition coefficient (Wildman–Crippen LogP) is 3.47. The second-order valence-electron chi connectivity index (χ2n) is 2.70. The zero-order chi connectivity index (χ0) is 10.1. The fourth-order valence-corrected chi connectivity index (χ4v) is 1.85. The lowest BCUT2D eigenvalue weighted by Crippen LogP contribution is -1.97. The molecule has 0 saturated heterocycles. The maximum atomic E-state index is 6.01. The number of aromatic nitrogens is 2. The molecule has 14 heavy (non-hydrogen) atoms. The molecule has 0 spiro atoms. The van der Waals surface area contributed by atoms with Crippen molar-refractivity contribution in [3.63, 3.8) is 0 Å². The Hall–Kier alpha value is -0.640. The van der Waals surface area contributed by atoms with E-state index in [9.17, 15) is 0 Å². The zero-order valence-electron chi connectivity index (χ0n) is 6.98. The van der Waals surface area contributed by atoms with Gasteiger partial charge in [0.25, 0.3) is 0 Å². The van der Waals surface area contributed by atoms with Crippen molar-refractivity contribution in [2.24, 2.45) is 0 Å². The summed E-state index contributed by atoms with van der Waals surface area (Å²) in [7, 11) is 0. The number of rotatable bonds is 1. The fraction of sp³-hybridized carbons (Fsp3) is 0. The highest BCUT2D eigenvalue weighted by atomic mass is 35.5. The predicted molar refractivity (Wildman–Crippen MR) is 60.8 cm³/mol. The first-order valence-electron chi connectivity index (χ1n) is 3.87. The van der Waals surface area contributed by atoms with Crippen molar-refractivity contribution in [2.45, 2.75) is 5.03 Å². The van der Waals surface area contributed by atoms with E-state index < -0.39 is 0 Å². The summed E-state index contributed by atoms with van der Waals surface area (Å²) in [6, 6.07) is 7.02. The Bertz CT molecular complexity index is 468. The molecule has 0 bridgehead atoms. The van der Waals surface area contributed by atoms with Gasteiger partial charge >= 0.3 is 0 Å². The van der Waals surface area contributed by atoms with Gasteiger partial charge in [0.15, 0.2) is 0 Å². The standard InChI is InChI=1S/C9H6Cl2N2S/c10-6-1-2-8(7(11)5-6)13-9(14)3-4-12-13/h1-5,14H. The van der Waals surface area contributed by atoms with Crippen molar-refractivity contribution in [3.8, 4) is 5.69 Å². The third kappa shape index (κ3) is 1.75. The van der Waals surface area contributed by atoms with Crippen molar-refractivity contribution < 1.29 is 0 Å². The Kier molecular flexibility index (Phi) is 2.72. The molecular formula is C9H6Cl2N2S. The van der Waals surface area contributed by atoms with Gasteiger partial charge in [-0.15, -0.1) is 12.6 Å². The van der Waals surface area contributed by atoms with Crippen molar-refractivity contribution in [1.82, 2.24) is 9.78 Å². The molecule has 0 unspecified atom stereocenters. The SMILES string of the molecule is Sc1ccnn1-c1ccc(Cl)cc1Cl. The Balaban J connectivity index is 2.58. The van der Waals surface area contributed by atoms with Crippen LogP contribution >= 0.6 is 35.8 Å².